The van der Waals surface area contributed by atoms with E-state index in [1.807, 2.05) is 49.4 Å². The van der Waals surface area contributed by atoms with Crippen LogP contribution in [0.25, 0.3) is 10.9 Å². The second kappa shape index (κ2) is 6.27. The standard InChI is InChI=1S/C18H15N3O2/c1-12-6-2-4-8-14(12)17(22)20-21-18(23)16-11-10-13-7-3-5-9-15(13)19-16/h2-11H,1H3,(H,20,22)(H,21,23). The summed E-state index contributed by atoms with van der Waals surface area (Å²) in [5.41, 5.74) is 7.12. The van der Waals surface area contributed by atoms with Gasteiger partial charge in [0.15, 0.2) is 0 Å². The van der Waals surface area contributed by atoms with Gasteiger partial charge < -0.3 is 0 Å². The van der Waals surface area contributed by atoms with Crippen LogP contribution in [0.2, 0.25) is 0 Å². The summed E-state index contributed by atoms with van der Waals surface area (Å²) in [6.07, 6.45) is 0. The van der Waals surface area contributed by atoms with Gasteiger partial charge in [-0.1, -0.05) is 42.5 Å². The topological polar surface area (TPSA) is 71.1 Å². The summed E-state index contributed by atoms with van der Waals surface area (Å²) < 4.78 is 0. The Balaban J connectivity index is 1.71. The van der Waals surface area contributed by atoms with E-state index in [-0.39, 0.29) is 11.6 Å². The van der Waals surface area contributed by atoms with Gasteiger partial charge in [-0.3, -0.25) is 20.4 Å². The highest BCUT2D eigenvalue weighted by Crippen LogP contribution is 2.11. The third-order valence-electron chi connectivity index (χ3n) is 3.51. The van der Waals surface area contributed by atoms with Crippen LogP contribution in [0.15, 0.2) is 60.7 Å². The minimum atomic E-state index is -0.460. The lowest BCUT2D eigenvalue weighted by molar-refractivity contribution is 0.0844. The molecule has 1 heterocycles. The number of aromatic nitrogens is 1. The minimum Gasteiger partial charge on any atom is -0.267 e. The average molecular weight is 305 g/mol. The Labute approximate surface area is 133 Å². The van der Waals surface area contributed by atoms with Gasteiger partial charge in [0.25, 0.3) is 11.8 Å². The molecule has 0 aliphatic heterocycles. The van der Waals surface area contributed by atoms with Crippen molar-refractivity contribution < 1.29 is 9.59 Å². The summed E-state index contributed by atoms with van der Waals surface area (Å²) in [6.45, 7) is 1.83. The van der Waals surface area contributed by atoms with Crippen LogP contribution in [0.3, 0.4) is 0 Å². The summed E-state index contributed by atoms with van der Waals surface area (Å²) >= 11 is 0. The lowest BCUT2D eigenvalue weighted by Crippen LogP contribution is -2.42. The zero-order valence-corrected chi connectivity index (χ0v) is 12.5. The van der Waals surface area contributed by atoms with Gasteiger partial charge in [-0.25, -0.2) is 4.98 Å². The second-order valence-electron chi connectivity index (χ2n) is 5.11. The first kappa shape index (κ1) is 14.7. The molecule has 114 valence electrons. The van der Waals surface area contributed by atoms with Crippen LogP contribution < -0.4 is 10.9 Å². The Hall–Kier alpha value is -3.21. The van der Waals surface area contributed by atoms with E-state index in [9.17, 15) is 9.59 Å². The molecule has 0 unspecified atom stereocenters. The number of nitrogens with zero attached hydrogens (tertiary/aromatic N) is 1. The third kappa shape index (κ3) is 3.18. The number of benzene rings is 2. The molecule has 2 amide bonds. The van der Waals surface area contributed by atoms with E-state index >= 15 is 0 Å². The predicted molar refractivity (Wildman–Crippen MR) is 87.9 cm³/mol. The van der Waals surface area contributed by atoms with Gasteiger partial charge in [0.2, 0.25) is 0 Å². The first-order chi connectivity index (χ1) is 11.1. The van der Waals surface area contributed by atoms with Crippen LogP contribution in [-0.4, -0.2) is 16.8 Å². The number of nitrogens with one attached hydrogen (secondary N) is 2. The smallest absolute Gasteiger partial charge is 0.267 e. The van der Waals surface area contributed by atoms with E-state index in [1.165, 1.54) is 0 Å². The van der Waals surface area contributed by atoms with Gasteiger partial charge in [-0.2, -0.15) is 0 Å². The van der Waals surface area contributed by atoms with Crippen molar-refractivity contribution in [3.8, 4) is 0 Å². The molecule has 0 bridgehead atoms. The van der Waals surface area contributed by atoms with Crippen LogP contribution in [0.5, 0.6) is 0 Å². The van der Waals surface area contributed by atoms with E-state index in [4.69, 9.17) is 0 Å². The molecule has 0 saturated heterocycles. The lowest BCUT2D eigenvalue weighted by atomic mass is 10.1. The quantitative estimate of drug-likeness (QED) is 0.715. The molecule has 0 aliphatic rings. The zero-order valence-electron chi connectivity index (χ0n) is 12.5. The molecule has 5 heteroatoms. The van der Waals surface area contributed by atoms with Crippen molar-refractivity contribution in [2.45, 2.75) is 6.92 Å². The number of hydrogen-bond acceptors (Lipinski definition) is 3. The molecule has 2 aromatic carbocycles. The molecular formula is C18H15N3O2. The lowest BCUT2D eigenvalue weighted by Gasteiger charge is -2.09. The van der Waals surface area contributed by atoms with Crippen molar-refractivity contribution >= 4 is 22.7 Å². The summed E-state index contributed by atoms with van der Waals surface area (Å²) in [4.78, 5) is 28.5. The largest absolute Gasteiger partial charge is 0.288 e. The van der Waals surface area contributed by atoms with Crippen molar-refractivity contribution in [3.63, 3.8) is 0 Å². The fraction of sp³-hybridized carbons (Fsp3) is 0.0556. The molecule has 0 fully saturated rings. The maximum Gasteiger partial charge on any atom is 0.288 e. The molecule has 1 aromatic heterocycles. The van der Waals surface area contributed by atoms with E-state index < -0.39 is 5.91 Å². The Morgan fingerprint density at radius 3 is 2.35 bits per heavy atom. The molecule has 0 radical (unpaired) electrons. The molecule has 0 aliphatic carbocycles. The normalized spacial score (nSPS) is 10.3. The fourth-order valence-corrected chi connectivity index (χ4v) is 2.27. The number of rotatable bonds is 2. The fourth-order valence-electron chi connectivity index (χ4n) is 2.27. The maximum absolute atomic E-state index is 12.1. The van der Waals surface area contributed by atoms with Crippen molar-refractivity contribution in [3.05, 3.63) is 77.5 Å². The summed E-state index contributed by atoms with van der Waals surface area (Å²) in [6, 6.07) is 18.1. The van der Waals surface area contributed by atoms with Crippen molar-refractivity contribution in [1.82, 2.24) is 15.8 Å². The van der Waals surface area contributed by atoms with Crippen LogP contribution in [0, 0.1) is 6.92 Å². The molecule has 0 atom stereocenters. The summed E-state index contributed by atoms with van der Waals surface area (Å²) in [5, 5.41) is 0.952. The number of hydrogen-bond donors (Lipinski definition) is 2. The maximum atomic E-state index is 12.1. The van der Waals surface area contributed by atoms with Crippen LogP contribution in [0.1, 0.15) is 26.4 Å². The van der Waals surface area contributed by atoms with Crippen molar-refractivity contribution in [2.24, 2.45) is 0 Å². The Morgan fingerprint density at radius 1 is 0.826 bits per heavy atom. The number of fused-ring (bicyclic) bond motifs is 1. The molecule has 3 rings (SSSR count). The van der Waals surface area contributed by atoms with E-state index in [0.717, 1.165) is 16.5 Å². The van der Waals surface area contributed by atoms with Crippen molar-refractivity contribution in [2.75, 3.05) is 0 Å². The summed E-state index contributed by atoms with van der Waals surface area (Å²) in [5.74, 6) is -0.824. The Morgan fingerprint density at radius 2 is 1.52 bits per heavy atom. The van der Waals surface area contributed by atoms with Crippen LogP contribution >= 0.6 is 0 Å². The molecule has 0 saturated carbocycles. The number of para-hydroxylation sites is 1. The van der Waals surface area contributed by atoms with Crippen molar-refractivity contribution in [1.29, 1.82) is 0 Å². The van der Waals surface area contributed by atoms with Gasteiger partial charge in [0.05, 0.1) is 5.52 Å². The number of aryl methyl sites for hydroxylation is 1. The highest BCUT2D eigenvalue weighted by Gasteiger charge is 2.11. The van der Waals surface area contributed by atoms with Gasteiger partial charge in [0, 0.05) is 10.9 Å². The molecule has 2 N–H and O–H groups in total. The first-order valence-corrected chi connectivity index (χ1v) is 7.17. The number of amides is 2. The van der Waals surface area contributed by atoms with Crippen LogP contribution in [-0.2, 0) is 0 Å². The van der Waals surface area contributed by atoms with Gasteiger partial charge in [-0.15, -0.1) is 0 Å². The average Bonchev–Trinajstić information content (AvgIpc) is 2.59. The highest BCUT2D eigenvalue weighted by atomic mass is 16.2. The van der Waals surface area contributed by atoms with E-state index in [1.54, 1.807) is 18.2 Å². The monoisotopic (exact) mass is 305 g/mol. The van der Waals surface area contributed by atoms with Gasteiger partial charge in [-0.05, 0) is 30.7 Å². The number of carbonyl (C=O) groups excluding carboxylic acids is 2. The molecular weight excluding hydrogens is 290 g/mol. The molecule has 0 spiro atoms. The summed E-state index contributed by atoms with van der Waals surface area (Å²) in [7, 11) is 0. The molecule has 3 aromatic rings. The Bertz CT molecular complexity index is 890. The number of hydrazine groups is 1. The number of pyridine rings is 1. The highest BCUT2D eigenvalue weighted by molar-refractivity contribution is 5.99. The predicted octanol–water partition coefficient (Wildman–Crippen LogP) is 2.62. The zero-order chi connectivity index (χ0) is 16.2. The molecule has 23 heavy (non-hydrogen) atoms. The van der Waals surface area contributed by atoms with Gasteiger partial charge >= 0.3 is 0 Å². The van der Waals surface area contributed by atoms with E-state index in [2.05, 4.69) is 15.8 Å². The SMILES string of the molecule is Cc1ccccc1C(=O)NNC(=O)c1ccc2ccccc2n1. The van der Waals surface area contributed by atoms with E-state index in [0.29, 0.717) is 5.56 Å². The molecule has 5 nitrogen and oxygen atoms in total. The minimum absolute atomic E-state index is 0.244. The van der Waals surface area contributed by atoms with Gasteiger partial charge in [0.1, 0.15) is 5.69 Å². The second-order valence-corrected chi connectivity index (χ2v) is 5.11. The first-order valence-electron chi connectivity index (χ1n) is 7.17. The number of carbonyl (C=O) groups is 2. The van der Waals surface area contributed by atoms with Crippen LogP contribution in [0.4, 0.5) is 0 Å². The Kier molecular flexibility index (Phi) is 4.01. The third-order valence-corrected chi connectivity index (χ3v) is 3.51.